The van der Waals surface area contributed by atoms with Gasteiger partial charge in [0, 0.05) is 12.5 Å². The highest BCUT2D eigenvalue weighted by atomic mass is 32.2. The van der Waals surface area contributed by atoms with E-state index in [0.717, 1.165) is 11.8 Å². The molecule has 1 aliphatic rings. The van der Waals surface area contributed by atoms with Crippen LogP contribution in [0.25, 0.3) is 0 Å². The predicted octanol–water partition coefficient (Wildman–Crippen LogP) is 0.989. The zero-order chi connectivity index (χ0) is 15.4. The standard InChI is InChI=1S/C13H15N3O4S/c1-19-7-3-4-8(9(5-7)20-2)15-11(17)6-10-12(18)16-13(14)21-10/h3-5,10H,6H2,1-2H3,(H,15,17)(H2,14,16,18)/t10-/m1/s1. The predicted molar refractivity (Wildman–Crippen MR) is 80.8 cm³/mol. The Morgan fingerprint density at radius 3 is 2.76 bits per heavy atom. The molecule has 2 rings (SSSR count). The molecule has 0 spiro atoms. The van der Waals surface area contributed by atoms with Gasteiger partial charge in [0.2, 0.25) is 5.91 Å². The number of carbonyl (C=O) groups excluding carboxylic acids is 2. The highest BCUT2D eigenvalue weighted by molar-refractivity contribution is 8.15. The lowest BCUT2D eigenvalue weighted by Crippen LogP contribution is -2.21. The van der Waals surface area contributed by atoms with Crippen molar-refractivity contribution in [2.75, 3.05) is 19.5 Å². The Morgan fingerprint density at radius 2 is 2.19 bits per heavy atom. The van der Waals surface area contributed by atoms with Crippen LogP contribution in [0.15, 0.2) is 23.2 Å². The van der Waals surface area contributed by atoms with E-state index in [-0.39, 0.29) is 23.4 Å². The monoisotopic (exact) mass is 309 g/mol. The molecule has 2 amide bonds. The largest absolute Gasteiger partial charge is 0.497 e. The lowest BCUT2D eigenvalue weighted by atomic mass is 10.2. The van der Waals surface area contributed by atoms with Gasteiger partial charge in [0.25, 0.3) is 5.91 Å². The first-order valence-electron chi connectivity index (χ1n) is 6.10. The molecule has 112 valence electrons. The van der Waals surface area contributed by atoms with Crippen LogP contribution in [0.1, 0.15) is 6.42 Å². The summed E-state index contributed by atoms with van der Waals surface area (Å²) in [5.41, 5.74) is 5.96. The van der Waals surface area contributed by atoms with Gasteiger partial charge in [-0.05, 0) is 12.1 Å². The van der Waals surface area contributed by atoms with Crippen molar-refractivity contribution in [1.82, 2.24) is 0 Å². The molecule has 1 heterocycles. The molecule has 7 nitrogen and oxygen atoms in total. The Balaban J connectivity index is 2.01. The van der Waals surface area contributed by atoms with E-state index in [9.17, 15) is 9.59 Å². The summed E-state index contributed by atoms with van der Waals surface area (Å²) in [5.74, 6) is 0.403. The van der Waals surface area contributed by atoms with Crippen molar-refractivity contribution in [2.24, 2.45) is 10.7 Å². The summed E-state index contributed by atoms with van der Waals surface area (Å²) in [7, 11) is 3.04. The van der Waals surface area contributed by atoms with Crippen LogP contribution in [0.4, 0.5) is 5.69 Å². The van der Waals surface area contributed by atoms with Crippen molar-refractivity contribution in [3.8, 4) is 11.5 Å². The van der Waals surface area contributed by atoms with E-state index in [0.29, 0.717) is 17.2 Å². The van der Waals surface area contributed by atoms with E-state index in [1.165, 1.54) is 7.11 Å². The van der Waals surface area contributed by atoms with Gasteiger partial charge in [0.05, 0.1) is 19.9 Å². The summed E-state index contributed by atoms with van der Waals surface area (Å²) in [4.78, 5) is 27.0. The molecular weight excluding hydrogens is 294 g/mol. The van der Waals surface area contributed by atoms with E-state index in [1.54, 1.807) is 25.3 Å². The lowest BCUT2D eigenvalue weighted by molar-refractivity contribution is -0.121. The maximum atomic E-state index is 12.0. The van der Waals surface area contributed by atoms with Crippen LogP contribution >= 0.6 is 11.8 Å². The Kier molecular flexibility index (Phi) is 4.69. The third kappa shape index (κ3) is 3.66. The SMILES string of the molecule is COc1ccc(NC(=O)C[C@H]2SC(N)=NC2=O)c(OC)c1. The number of benzene rings is 1. The normalized spacial score (nSPS) is 17.3. The van der Waals surface area contributed by atoms with Crippen LogP contribution < -0.4 is 20.5 Å². The molecule has 0 aliphatic carbocycles. The quantitative estimate of drug-likeness (QED) is 0.840. The smallest absolute Gasteiger partial charge is 0.262 e. The van der Waals surface area contributed by atoms with Gasteiger partial charge in [-0.25, -0.2) is 0 Å². The minimum Gasteiger partial charge on any atom is -0.497 e. The molecule has 8 heteroatoms. The summed E-state index contributed by atoms with van der Waals surface area (Å²) < 4.78 is 10.3. The van der Waals surface area contributed by atoms with Crippen molar-refractivity contribution in [3.05, 3.63) is 18.2 Å². The molecule has 0 saturated heterocycles. The van der Waals surface area contributed by atoms with E-state index in [2.05, 4.69) is 10.3 Å². The first-order chi connectivity index (χ1) is 10.0. The third-order valence-corrected chi connectivity index (χ3v) is 3.80. The number of thioether (sulfide) groups is 1. The fourth-order valence-electron chi connectivity index (χ4n) is 1.80. The molecule has 0 fully saturated rings. The van der Waals surface area contributed by atoms with Gasteiger partial charge in [0.15, 0.2) is 5.17 Å². The number of hydrogen-bond donors (Lipinski definition) is 2. The van der Waals surface area contributed by atoms with Crippen LogP contribution in [0.2, 0.25) is 0 Å². The molecule has 0 bridgehead atoms. The lowest BCUT2D eigenvalue weighted by Gasteiger charge is -2.12. The molecule has 1 aromatic rings. The van der Waals surface area contributed by atoms with Gasteiger partial charge in [-0.1, -0.05) is 11.8 Å². The second-order valence-corrected chi connectivity index (χ2v) is 5.44. The van der Waals surface area contributed by atoms with Crippen molar-refractivity contribution in [1.29, 1.82) is 0 Å². The second kappa shape index (κ2) is 6.49. The zero-order valence-corrected chi connectivity index (χ0v) is 12.4. The van der Waals surface area contributed by atoms with Gasteiger partial charge in [0.1, 0.15) is 16.7 Å². The Labute approximate surface area is 125 Å². The Morgan fingerprint density at radius 1 is 1.43 bits per heavy atom. The fraction of sp³-hybridized carbons (Fsp3) is 0.308. The van der Waals surface area contributed by atoms with Crippen molar-refractivity contribution in [3.63, 3.8) is 0 Å². The maximum absolute atomic E-state index is 12.0. The van der Waals surface area contributed by atoms with Crippen molar-refractivity contribution in [2.45, 2.75) is 11.7 Å². The number of aliphatic imine (C=N–C) groups is 1. The first kappa shape index (κ1) is 15.2. The van der Waals surface area contributed by atoms with Crippen LogP contribution in [0, 0.1) is 0 Å². The van der Waals surface area contributed by atoms with Gasteiger partial charge in [-0.2, -0.15) is 4.99 Å². The Bertz CT molecular complexity index is 603. The number of nitrogens with one attached hydrogen (secondary N) is 1. The maximum Gasteiger partial charge on any atom is 0.262 e. The molecule has 0 unspecified atom stereocenters. The number of methoxy groups -OCH3 is 2. The van der Waals surface area contributed by atoms with Crippen LogP contribution in [-0.2, 0) is 9.59 Å². The van der Waals surface area contributed by atoms with Crippen molar-refractivity contribution >= 4 is 34.4 Å². The summed E-state index contributed by atoms with van der Waals surface area (Å²) in [5, 5.41) is 2.33. The van der Waals surface area contributed by atoms with E-state index >= 15 is 0 Å². The van der Waals surface area contributed by atoms with Crippen molar-refractivity contribution < 1.29 is 19.1 Å². The summed E-state index contributed by atoms with van der Waals surface area (Å²) >= 11 is 1.09. The second-order valence-electron chi connectivity index (χ2n) is 4.21. The van der Waals surface area contributed by atoms with Crippen LogP contribution in [0.5, 0.6) is 11.5 Å². The molecule has 3 N–H and O–H groups in total. The number of ether oxygens (including phenoxy) is 2. The summed E-state index contributed by atoms with van der Waals surface area (Å²) in [6.07, 6.45) is 0.00286. The molecule has 0 aromatic heterocycles. The molecule has 1 aromatic carbocycles. The molecule has 21 heavy (non-hydrogen) atoms. The minimum atomic E-state index is -0.561. The van der Waals surface area contributed by atoms with E-state index in [1.807, 2.05) is 0 Å². The molecule has 1 atom stereocenters. The van der Waals surface area contributed by atoms with Crippen LogP contribution in [-0.4, -0.2) is 36.5 Å². The number of anilines is 1. The number of nitrogens with zero attached hydrogens (tertiary/aromatic N) is 1. The highest BCUT2D eigenvalue weighted by Gasteiger charge is 2.29. The van der Waals surface area contributed by atoms with E-state index in [4.69, 9.17) is 15.2 Å². The number of carbonyl (C=O) groups is 2. The van der Waals surface area contributed by atoms with Crippen LogP contribution in [0.3, 0.4) is 0 Å². The number of amidine groups is 1. The highest BCUT2D eigenvalue weighted by Crippen LogP contribution is 2.30. The number of nitrogens with two attached hydrogens (primary N) is 1. The number of amides is 2. The average molecular weight is 309 g/mol. The number of rotatable bonds is 5. The summed E-state index contributed by atoms with van der Waals surface area (Å²) in [6.45, 7) is 0. The Hall–Kier alpha value is -2.22. The molecular formula is C13H15N3O4S. The average Bonchev–Trinajstić information content (AvgIpc) is 2.77. The first-order valence-corrected chi connectivity index (χ1v) is 6.98. The van der Waals surface area contributed by atoms with Gasteiger partial charge >= 0.3 is 0 Å². The van der Waals surface area contributed by atoms with Gasteiger partial charge < -0.3 is 20.5 Å². The fourth-order valence-corrected chi connectivity index (χ4v) is 2.63. The molecule has 1 aliphatic heterocycles. The minimum absolute atomic E-state index is 0.00286. The number of hydrogen-bond acceptors (Lipinski definition) is 6. The van der Waals surface area contributed by atoms with Gasteiger partial charge in [-0.15, -0.1) is 0 Å². The molecule has 0 saturated carbocycles. The van der Waals surface area contributed by atoms with E-state index < -0.39 is 5.25 Å². The summed E-state index contributed by atoms with van der Waals surface area (Å²) in [6, 6.07) is 5.03. The third-order valence-electron chi connectivity index (χ3n) is 2.81. The topological polar surface area (TPSA) is 103 Å². The van der Waals surface area contributed by atoms with Gasteiger partial charge in [-0.3, -0.25) is 9.59 Å². The zero-order valence-electron chi connectivity index (χ0n) is 11.6. The molecule has 0 radical (unpaired) electrons.